The molecule has 0 saturated carbocycles. The Morgan fingerprint density at radius 1 is 1.16 bits per heavy atom. The minimum atomic E-state index is 0.563. The maximum Gasteiger partial charge on any atom is 0.134 e. The average Bonchev–Trinajstić information content (AvgIpc) is 2.42. The lowest BCUT2D eigenvalue weighted by Gasteiger charge is -2.24. The van der Waals surface area contributed by atoms with Gasteiger partial charge in [-0.1, -0.05) is 6.92 Å². The van der Waals surface area contributed by atoms with E-state index in [1.54, 1.807) is 0 Å². The summed E-state index contributed by atoms with van der Waals surface area (Å²) in [7, 11) is 0. The van der Waals surface area contributed by atoms with Crippen LogP contribution in [0.4, 0.5) is 11.6 Å². The summed E-state index contributed by atoms with van der Waals surface area (Å²) in [5.74, 6) is 5.31. The van der Waals surface area contributed by atoms with E-state index in [4.69, 9.17) is 0 Å². The van der Waals surface area contributed by atoms with Gasteiger partial charge in [0.05, 0.1) is 0 Å². The molecular weight excluding hydrogens is 256 g/mol. The second-order valence-electron chi connectivity index (χ2n) is 5.05. The molecule has 0 aromatic carbocycles. The van der Waals surface area contributed by atoms with Crippen molar-refractivity contribution in [2.45, 2.75) is 46.1 Å². The molecule has 5 heteroatoms. The topological polar surface area (TPSA) is 49.8 Å². The zero-order valence-electron chi connectivity index (χ0n) is 12.1. The monoisotopic (exact) mass is 280 g/mol. The van der Waals surface area contributed by atoms with Crippen molar-refractivity contribution in [3.05, 3.63) is 11.4 Å². The minimum Gasteiger partial charge on any atom is -0.370 e. The van der Waals surface area contributed by atoms with Crippen LogP contribution in [0.2, 0.25) is 0 Å². The maximum atomic E-state index is 4.57. The van der Waals surface area contributed by atoms with Crippen molar-refractivity contribution in [1.29, 1.82) is 0 Å². The number of hydrogen-bond donors (Lipinski definition) is 2. The van der Waals surface area contributed by atoms with Gasteiger partial charge in [-0.25, -0.2) is 9.97 Å². The van der Waals surface area contributed by atoms with Gasteiger partial charge in [0.1, 0.15) is 17.5 Å². The Hall–Kier alpha value is -0.970. The average molecular weight is 280 g/mol. The Balaban J connectivity index is 2.11. The first-order valence-electron chi connectivity index (χ1n) is 7.14. The normalized spacial score (nSPS) is 16.4. The second-order valence-corrected chi connectivity index (χ2v) is 6.28. The molecule has 0 atom stereocenters. The van der Waals surface area contributed by atoms with Gasteiger partial charge >= 0.3 is 0 Å². The smallest absolute Gasteiger partial charge is 0.134 e. The number of aryl methyl sites for hydroxylation is 1. The van der Waals surface area contributed by atoms with E-state index in [2.05, 4.69) is 34.4 Å². The van der Waals surface area contributed by atoms with E-state index in [9.17, 15) is 0 Å². The molecule has 0 radical (unpaired) electrons. The van der Waals surface area contributed by atoms with E-state index >= 15 is 0 Å². The van der Waals surface area contributed by atoms with Crippen LogP contribution >= 0.6 is 11.8 Å². The summed E-state index contributed by atoms with van der Waals surface area (Å²) in [5, 5.41) is 6.99. The predicted octanol–water partition coefficient (Wildman–Crippen LogP) is 3.22. The largest absolute Gasteiger partial charge is 0.370 e. The first-order chi connectivity index (χ1) is 9.20. The van der Waals surface area contributed by atoms with E-state index in [1.807, 2.05) is 18.7 Å². The van der Waals surface area contributed by atoms with Crippen LogP contribution < -0.4 is 10.6 Å². The summed E-state index contributed by atoms with van der Waals surface area (Å²) >= 11 is 2.05. The third-order valence-corrected chi connectivity index (χ3v) is 4.41. The third-order valence-electron chi connectivity index (χ3n) is 3.36. The summed E-state index contributed by atoms with van der Waals surface area (Å²) in [4.78, 5) is 9.06. The molecule has 1 saturated heterocycles. The summed E-state index contributed by atoms with van der Waals surface area (Å²) in [6.45, 7) is 7.17. The van der Waals surface area contributed by atoms with Crippen LogP contribution in [0.5, 0.6) is 0 Å². The van der Waals surface area contributed by atoms with Gasteiger partial charge in [-0.2, -0.15) is 11.8 Å². The zero-order chi connectivity index (χ0) is 13.7. The molecule has 0 bridgehead atoms. The Morgan fingerprint density at radius 2 is 1.84 bits per heavy atom. The molecule has 1 aliphatic rings. The van der Waals surface area contributed by atoms with Crippen molar-refractivity contribution < 1.29 is 0 Å². The fourth-order valence-corrected chi connectivity index (χ4v) is 3.33. The highest BCUT2D eigenvalue weighted by atomic mass is 32.2. The van der Waals surface area contributed by atoms with Crippen LogP contribution in [-0.2, 0) is 0 Å². The van der Waals surface area contributed by atoms with Gasteiger partial charge in [0.15, 0.2) is 0 Å². The molecule has 1 fully saturated rings. The van der Waals surface area contributed by atoms with Gasteiger partial charge in [-0.15, -0.1) is 0 Å². The standard InChI is InChI=1S/C14H24N4S/c1-4-7-15-13-10(2)14(17-11(3)16-13)18-12-5-8-19-9-6-12/h12H,4-9H2,1-3H3,(H2,15,16,17,18). The summed E-state index contributed by atoms with van der Waals surface area (Å²) < 4.78 is 0. The van der Waals surface area contributed by atoms with Gasteiger partial charge in [-0.05, 0) is 44.6 Å². The SMILES string of the molecule is CCCNc1nc(C)nc(NC2CCSCC2)c1C. The Kier molecular flexibility index (Phi) is 5.31. The van der Waals surface area contributed by atoms with Gasteiger partial charge in [-0.3, -0.25) is 0 Å². The van der Waals surface area contributed by atoms with Crippen molar-refractivity contribution in [3.8, 4) is 0 Å². The van der Waals surface area contributed by atoms with Crippen LogP contribution in [0.1, 0.15) is 37.6 Å². The van der Waals surface area contributed by atoms with E-state index in [0.29, 0.717) is 6.04 Å². The number of aromatic nitrogens is 2. The van der Waals surface area contributed by atoms with Gasteiger partial charge in [0.2, 0.25) is 0 Å². The summed E-state index contributed by atoms with van der Waals surface area (Å²) in [6, 6.07) is 0.563. The molecule has 0 spiro atoms. The molecule has 1 aromatic heterocycles. The summed E-state index contributed by atoms with van der Waals surface area (Å²) in [5.41, 5.74) is 1.14. The van der Waals surface area contributed by atoms with E-state index < -0.39 is 0 Å². The van der Waals surface area contributed by atoms with Crippen molar-refractivity contribution in [1.82, 2.24) is 9.97 Å². The number of nitrogens with one attached hydrogen (secondary N) is 2. The number of thioether (sulfide) groups is 1. The molecule has 2 rings (SSSR count). The summed E-state index contributed by atoms with van der Waals surface area (Å²) in [6.07, 6.45) is 3.56. The molecule has 0 aliphatic carbocycles. The molecular formula is C14H24N4S. The molecule has 1 aromatic rings. The first-order valence-corrected chi connectivity index (χ1v) is 8.29. The predicted molar refractivity (Wildman–Crippen MR) is 84.3 cm³/mol. The quantitative estimate of drug-likeness (QED) is 0.867. The molecule has 4 nitrogen and oxygen atoms in total. The first kappa shape index (κ1) is 14.4. The van der Waals surface area contributed by atoms with Crippen molar-refractivity contribution in [2.75, 3.05) is 28.7 Å². The molecule has 0 amide bonds. The van der Waals surface area contributed by atoms with E-state index in [-0.39, 0.29) is 0 Å². The molecule has 2 N–H and O–H groups in total. The lowest BCUT2D eigenvalue weighted by atomic mass is 10.1. The number of hydrogen-bond acceptors (Lipinski definition) is 5. The Morgan fingerprint density at radius 3 is 2.53 bits per heavy atom. The number of rotatable bonds is 5. The van der Waals surface area contributed by atoms with E-state index in [0.717, 1.165) is 36.0 Å². The molecule has 2 heterocycles. The van der Waals surface area contributed by atoms with Crippen molar-refractivity contribution >= 4 is 23.4 Å². The maximum absolute atomic E-state index is 4.57. The molecule has 0 unspecified atom stereocenters. The molecule has 106 valence electrons. The van der Waals surface area contributed by atoms with Crippen LogP contribution in [0.15, 0.2) is 0 Å². The Bertz CT molecular complexity index is 416. The van der Waals surface area contributed by atoms with Gasteiger partial charge in [0.25, 0.3) is 0 Å². The third kappa shape index (κ3) is 4.00. The number of nitrogens with zero attached hydrogens (tertiary/aromatic N) is 2. The van der Waals surface area contributed by atoms with Gasteiger partial charge in [0, 0.05) is 18.2 Å². The van der Waals surface area contributed by atoms with Crippen LogP contribution in [0.3, 0.4) is 0 Å². The van der Waals surface area contributed by atoms with Crippen molar-refractivity contribution in [3.63, 3.8) is 0 Å². The highest BCUT2D eigenvalue weighted by Gasteiger charge is 2.16. The lowest BCUT2D eigenvalue weighted by Crippen LogP contribution is -2.26. The van der Waals surface area contributed by atoms with Crippen LogP contribution in [0, 0.1) is 13.8 Å². The minimum absolute atomic E-state index is 0.563. The Labute approximate surface area is 120 Å². The number of anilines is 2. The zero-order valence-corrected chi connectivity index (χ0v) is 12.9. The molecule has 19 heavy (non-hydrogen) atoms. The van der Waals surface area contributed by atoms with Crippen LogP contribution in [0.25, 0.3) is 0 Å². The second kappa shape index (κ2) is 6.98. The van der Waals surface area contributed by atoms with Crippen LogP contribution in [-0.4, -0.2) is 34.1 Å². The van der Waals surface area contributed by atoms with E-state index in [1.165, 1.54) is 24.3 Å². The fourth-order valence-electron chi connectivity index (χ4n) is 2.22. The van der Waals surface area contributed by atoms with Gasteiger partial charge < -0.3 is 10.6 Å². The van der Waals surface area contributed by atoms with Crippen molar-refractivity contribution in [2.24, 2.45) is 0 Å². The lowest BCUT2D eigenvalue weighted by molar-refractivity contribution is 0.662. The highest BCUT2D eigenvalue weighted by Crippen LogP contribution is 2.24. The molecule has 1 aliphatic heterocycles. The highest BCUT2D eigenvalue weighted by molar-refractivity contribution is 7.99. The fraction of sp³-hybridized carbons (Fsp3) is 0.714.